The van der Waals surface area contributed by atoms with Gasteiger partial charge in [-0.3, -0.25) is 0 Å². The first-order valence-electron chi connectivity index (χ1n) is 8.90. The number of ether oxygens (including phenoxy) is 3. The molecule has 3 rings (SSSR count). The second-order valence-electron chi connectivity index (χ2n) is 6.44. The summed E-state index contributed by atoms with van der Waals surface area (Å²) < 4.78 is 16.8. The van der Waals surface area contributed by atoms with Crippen LogP contribution in [0.1, 0.15) is 25.3 Å². The number of methoxy groups -OCH3 is 2. The molecule has 0 fully saturated rings. The molecule has 0 bridgehead atoms. The van der Waals surface area contributed by atoms with Crippen LogP contribution < -0.4 is 25.3 Å². The molecule has 0 spiro atoms. The van der Waals surface area contributed by atoms with Crippen molar-refractivity contribution in [2.75, 3.05) is 25.3 Å². The highest BCUT2D eigenvalue weighted by Gasteiger charge is 2.17. The van der Waals surface area contributed by atoms with Crippen LogP contribution in [-0.4, -0.2) is 24.2 Å². The lowest BCUT2D eigenvalue weighted by molar-refractivity contribution is 0.350. The molecule has 3 aromatic rings. The molecule has 1 aromatic heterocycles. The van der Waals surface area contributed by atoms with Crippen molar-refractivity contribution in [1.29, 1.82) is 0 Å². The van der Waals surface area contributed by atoms with Gasteiger partial charge < -0.3 is 25.3 Å². The minimum atomic E-state index is 0.205. The van der Waals surface area contributed by atoms with E-state index in [1.165, 1.54) is 0 Å². The SMILES string of the molecule is COc1cc(Oc2cnc(Nc3ccccc3)nc2N)c(C(C)C)cc1OC. The van der Waals surface area contributed by atoms with Crippen LogP contribution in [-0.2, 0) is 0 Å². The second kappa shape index (κ2) is 8.47. The van der Waals surface area contributed by atoms with Gasteiger partial charge in [-0.15, -0.1) is 0 Å². The maximum absolute atomic E-state index is 6.10. The number of nitrogens with zero attached hydrogens (tertiary/aromatic N) is 2. The molecule has 28 heavy (non-hydrogen) atoms. The number of aromatic nitrogens is 2. The van der Waals surface area contributed by atoms with E-state index in [1.807, 2.05) is 36.4 Å². The van der Waals surface area contributed by atoms with Gasteiger partial charge in [0.2, 0.25) is 5.95 Å². The average Bonchev–Trinajstić information content (AvgIpc) is 2.70. The van der Waals surface area contributed by atoms with Crippen LogP contribution in [0.25, 0.3) is 0 Å². The van der Waals surface area contributed by atoms with E-state index >= 15 is 0 Å². The fourth-order valence-electron chi connectivity index (χ4n) is 2.71. The highest BCUT2D eigenvalue weighted by Crippen LogP contribution is 2.40. The van der Waals surface area contributed by atoms with Gasteiger partial charge in [-0.05, 0) is 24.1 Å². The number of nitrogens with two attached hydrogens (primary N) is 1. The van der Waals surface area contributed by atoms with Crippen molar-refractivity contribution in [3.63, 3.8) is 0 Å². The van der Waals surface area contributed by atoms with Crippen molar-refractivity contribution < 1.29 is 14.2 Å². The molecular weight excluding hydrogens is 356 g/mol. The number of nitrogen functional groups attached to an aromatic ring is 1. The first kappa shape index (κ1) is 19.3. The highest BCUT2D eigenvalue weighted by molar-refractivity contribution is 5.58. The standard InChI is InChI=1S/C21H24N4O3/c1-13(2)15-10-17(26-3)18(27-4)11-16(15)28-19-12-23-21(25-20(19)22)24-14-8-6-5-7-9-14/h5-13H,1-4H3,(H3,22,23,24,25). The second-order valence-corrected chi connectivity index (χ2v) is 6.44. The Morgan fingerprint density at radius 2 is 1.61 bits per heavy atom. The van der Waals surface area contributed by atoms with Gasteiger partial charge in [0.05, 0.1) is 20.4 Å². The Balaban J connectivity index is 1.89. The van der Waals surface area contributed by atoms with Crippen molar-refractivity contribution in [2.24, 2.45) is 0 Å². The fourth-order valence-corrected chi connectivity index (χ4v) is 2.71. The molecular formula is C21H24N4O3. The summed E-state index contributed by atoms with van der Waals surface area (Å²) in [5, 5.41) is 3.10. The number of anilines is 3. The third-order valence-electron chi connectivity index (χ3n) is 4.17. The number of hydrogen-bond acceptors (Lipinski definition) is 7. The average molecular weight is 380 g/mol. The van der Waals surface area contributed by atoms with Crippen LogP contribution in [0.5, 0.6) is 23.0 Å². The molecule has 146 valence electrons. The van der Waals surface area contributed by atoms with Gasteiger partial charge in [-0.2, -0.15) is 4.98 Å². The molecule has 0 saturated carbocycles. The van der Waals surface area contributed by atoms with Crippen molar-refractivity contribution in [1.82, 2.24) is 9.97 Å². The number of benzene rings is 2. The largest absolute Gasteiger partial charge is 0.493 e. The minimum Gasteiger partial charge on any atom is -0.493 e. The maximum Gasteiger partial charge on any atom is 0.229 e. The van der Waals surface area contributed by atoms with Crippen LogP contribution in [0.4, 0.5) is 17.5 Å². The molecule has 0 unspecified atom stereocenters. The van der Waals surface area contributed by atoms with Gasteiger partial charge in [0.25, 0.3) is 0 Å². The molecule has 0 saturated heterocycles. The Morgan fingerprint density at radius 3 is 2.21 bits per heavy atom. The zero-order chi connectivity index (χ0) is 20.1. The summed E-state index contributed by atoms with van der Waals surface area (Å²) in [5.41, 5.74) is 7.94. The Kier molecular flexibility index (Phi) is 5.84. The van der Waals surface area contributed by atoms with E-state index in [2.05, 4.69) is 29.1 Å². The first-order valence-corrected chi connectivity index (χ1v) is 8.90. The fraction of sp³-hybridized carbons (Fsp3) is 0.238. The van der Waals surface area contributed by atoms with Gasteiger partial charge >= 0.3 is 0 Å². The van der Waals surface area contributed by atoms with Crippen molar-refractivity contribution >= 4 is 17.5 Å². The summed E-state index contributed by atoms with van der Waals surface area (Å²) >= 11 is 0. The lowest BCUT2D eigenvalue weighted by Gasteiger charge is -2.18. The molecule has 1 heterocycles. The summed E-state index contributed by atoms with van der Waals surface area (Å²) in [4.78, 5) is 8.59. The molecule has 0 aliphatic rings. The van der Waals surface area contributed by atoms with E-state index in [4.69, 9.17) is 19.9 Å². The topological polar surface area (TPSA) is 91.5 Å². The van der Waals surface area contributed by atoms with E-state index < -0.39 is 0 Å². The summed E-state index contributed by atoms with van der Waals surface area (Å²) in [7, 11) is 3.19. The van der Waals surface area contributed by atoms with Gasteiger partial charge in [0.1, 0.15) is 5.75 Å². The van der Waals surface area contributed by atoms with Crippen molar-refractivity contribution in [3.8, 4) is 23.0 Å². The normalized spacial score (nSPS) is 10.6. The molecule has 0 radical (unpaired) electrons. The highest BCUT2D eigenvalue weighted by atomic mass is 16.5. The molecule has 2 aromatic carbocycles. The number of rotatable bonds is 7. The van der Waals surface area contributed by atoms with E-state index in [-0.39, 0.29) is 11.7 Å². The molecule has 3 N–H and O–H groups in total. The summed E-state index contributed by atoms with van der Waals surface area (Å²) in [5.74, 6) is 3.04. The summed E-state index contributed by atoms with van der Waals surface area (Å²) in [6, 6.07) is 13.3. The molecule has 7 heteroatoms. The van der Waals surface area contributed by atoms with E-state index in [1.54, 1.807) is 26.5 Å². The molecule has 0 atom stereocenters. The maximum atomic E-state index is 6.10. The van der Waals surface area contributed by atoms with Crippen molar-refractivity contribution in [2.45, 2.75) is 19.8 Å². The van der Waals surface area contributed by atoms with Crippen molar-refractivity contribution in [3.05, 3.63) is 54.2 Å². The molecule has 0 aliphatic heterocycles. The predicted molar refractivity (Wildman–Crippen MR) is 110 cm³/mol. The first-order chi connectivity index (χ1) is 13.5. The Hall–Kier alpha value is -3.48. The minimum absolute atomic E-state index is 0.205. The Morgan fingerprint density at radius 1 is 0.929 bits per heavy atom. The predicted octanol–water partition coefficient (Wildman–Crippen LogP) is 4.74. The third-order valence-corrected chi connectivity index (χ3v) is 4.17. The van der Waals surface area contributed by atoms with Gasteiger partial charge in [-0.25, -0.2) is 4.98 Å². The lowest BCUT2D eigenvalue weighted by Crippen LogP contribution is -2.04. The smallest absolute Gasteiger partial charge is 0.229 e. The van der Waals surface area contributed by atoms with Gasteiger partial charge in [0, 0.05) is 17.3 Å². The number of nitrogens with one attached hydrogen (secondary N) is 1. The van der Waals surface area contributed by atoms with Crippen LogP contribution in [0.2, 0.25) is 0 Å². The Labute approximate surface area is 164 Å². The van der Waals surface area contributed by atoms with Gasteiger partial charge in [-0.1, -0.05) is 32.0 Å². The third kappa shape index (κ3) is 4.25. The van der Waals surface area contributed by atoms with Crippen LogP contribution in [0.3, 0.4) is 0 Å². The van der Waals surface area contributed by atoms with E-state index in [0.717, 1.165) is 11.3 Å². The van der Waals surface area contributed by atoms with Gasteiger partial charge in [0.15, 0.2) is 23.1 Å². The summed E-state index contributed by atoms with van der Waals surface area (Å²) in [6.07, 6.45) is 1.55. The molecule has 0 amide bonds. The van der Waals surface area contributed by atoms with Crippen LogP contribution >= 0.6 is 0 Å². The lowest BCUT2D eigenvalue weighted by atomic mass is 10.0. The quantitative estimate of drug-likeness (QED) is 0.612. The van der Waals surface area contributed by atoms with E-state index in [9.17, 15) is 0 Å². The monoisotopic (exact) mass is 380 g/mol. The molecule has 7 nitrogen and oxygen atoms in total. The zero-order valence-electron chi connectivity index (χ0n) is 16.4. The number of para-hydroxylation sites is 1. The van der Waals surface area contributed by atoms with Crippen LogP contribution in [0, 0.1) is 0 Å². The zero-order valence-corrected chi connectivity index (χ0v) is 16.4. The number of hydrogen-bond donors (Lipinski definition) is 2. The van der Waals surface area contributed by atoms with Crippen LogP contribution in [0.15, 0.2) is 48.7 Å². The molecule has 0 aliphatic carbocycles. The summed E-state index contributed by atoms with van der Waals surface area (Å²) in [6.45, 7) is 4.14. The van der Waals surface area contributed by atoms with E-state index in [0.29, 0.717) is 28.9 Å². The Bertz CT molecular complexity index is 946.